The molecular formula is C12H26N4O4. The number of hydrogen-bond acceptors (Lipinski definition) is 6. The van der Waals surface area contributed by atoms with Gasteiger partial charge in [-0.3, -0.25) is 4.79 Å². The van der Waals surface area contributed by atoms with Crippen LogP contribution in [-0.4, -0.2) is 54.5 Å². The topological polar surface area (TPSA) is 140 Å². The van der Waals surface area contributed by atoms with Crippen molar-refractivity contribution >= 4 is 12.0 Å². The highest BCUT2D eigenvalue weighted by molar-refractivity contribution is 5.81. The largest absolute Gasteiger partial charge is 0.444 e. The van der Waals surface area contributed by atoms with Crippen LogP contribution in [0.2, 0.25) is 0 Å². The Balaban J connectivity index is 3.84. The molecule has 2 amide bonds. The minimum Gasteiger partial charge on any atom is -0.444 e. The molecule has 0 aromatic carbocycles. The maximum absolute atomic E-state index is 11.5. The van der Waals surface area contributed by atoms with Gasteiger partial charge in [0.15, 0.2) is 0 Å². The lowest BCUT2D eigenvalue weighted by molar-refractivity contribution is -0.122. The summed E-state index contributed by atoms with van der Waals surface area (Å²) in [5.41, 5.74) is 10.3. The Morgan fingerprint density at radius 3 is 2.40 bits per heavy atom. The van der Waals surface area contributed by atoms with E-state index in [-0.39, 0.29) is 26.1 Å². The van der Waals surface area contributed by atoms with Gasteiger partial charge in [0.2, 0.25) is 5.91 Å². The highest BCUT2D eigenvalue weighted by Crippen LogP contribution is 2.06. The number of carbonyl (C=O) groups is 2. The first-order valence-electron chi connectivity index (χ1n) is 6.54. The Morgan fingerprint density at radius 2 is 1.90 bits per heavy atom. The van der Waals surface area contributed by atoms with Crippen molar-refractivity contribution in [2.45, 2.75) is 44.9 Å². The van der Waals surface area contributed by atoms with E-state index >= 15 is 0 Å². The van der Waals surface area contributed by atoms with Gasteiger partial charge in [-0.2, -0.15) is 0 Å². The number of aliphatic hydroxyl groups is 1. The maximum Gasteiger partial charge on any atom is 0.407 e. The molecule has 0 saturated heterocycles. The van der Waals surface area contributed by atoms with Crippen molar-refractivity contribution in [1.82, 2.24) is 10.6 Å². The van der Waals surface area contributed by atoms with Gasteiger partial charge in [-0.05, 0) is 27.2 Å². The standard InChI is InChI=1S/C12H26N4O4/c1-12(2,3)20-11(19)15-5-4-9(14)10(18)16-7-8(17)6-13/h8-9,17H,4-7,13-14H2,1-3H3,(H,15,19)(H,16,18)/t8?,9-/m0/s1. The second-order valence-electron chi connectivity index (χ2n) is 5.46. The SMILES string of the molecule is CC(C)(C)OC(=O)NCC[C@H](N)C(=O)NCC(O)CN. The third-order valence-electron chi connectivity index (χ3n) is 2.24. The number of rotatable bonds is 7. The van der Waals surface area contributed by atoms with Crippen LogP contribution in [0.25, 0.3) is 0 Å². The molecule has 0 fully saturated rings. The predicted octanol–water partition coefficient (Wildman–Crippen LogP) is -1.34. The quantitative estimate of drug-likeness (QED) is 0.393. The van der Waals surface area contributed by atoms with Gasteiger partial charge < -0.3 is 31.9 Å². The van der Waals surface area contributed by atoms with Gasteiger partial charge in [-0.1, -0.05) is 0 Å². The fraction of sp³-hybridized carbons (Fsp3) is 0.833. The van der Waals surface area contributed by atoms with Crippen molar-refractivity contribution in [3.05, 3.63) is 0 Å². The number of hydrogen-bond donors (Lipinski definition) is 5. The van der Waals surface area contributed by atoms with Crippen molar-refractivity contribution < 1.29 is 19.4 Å². The van der Waals surface area contributed by atoms with Crippen molar-refractivity contribution in [3.8, 4) is 0 Å². The molecule has 8 nitrogen and oxygen atoms in total. The van der Waals surface area contributed by atoms with Crippen LogP contribution in [0, 0.1) is 0 Å². The van der Waals surface area contributed by atoms with E-state index in [0.29, 0.717) is 0 Å². The van der Waals surface area contributed by atoms with E-state index in [0.717, 1.165) is 0 Å². The predicted molar refractivity (Wildman–Crippen MR) is 74.9 cm³/mol. The Kier molecular flexibility index (Phi) is 8.12. The lowest BCUT2D eigenvalue weighted by Crippen LogP contribution is -2.46. The van der Waals surface area contributed by atoms with Gasteiger partial charge in [0.1, 0.15) is 5.60 Å². The Labute approximate surface area is 119 Å². The number of carbonyl (C=O) groups excluding carboxylic acids is 2. The molecule has 0 rings (SSSR count). The number of ether oxygens (including phenoxy) is 1. The van der Waals surface area contributed by atoms with Gasteiger partial charge in [0.25, 0.3) is 0 Å². The van der Waals surface area contributed by atoms with Crippen LogP contribution >= 0.6 is 0 Å². The van der Waals surface area contributed by atoms with Crippen LogP contribution in [0.3, 0.4) is 0 Å². The zero-order valence-corrected chi connectivity index (χ0v) is 12.3. The summed E-state index contributed by atoms with van der Waals surface area (Å²) in [6, 6.07) is -0.769. The van der Waals surface area contributed by atoms with Crippen LogP contribution in [0.15, 0.2) is 0 Å². The van der Waals surface area contributed by atoms with E-state index in [4.69, 9.17) is 16.2 Å². The fourth-order valence-corrected chi connectivity index (χ4v) is 1.21. The number of nitrogens with one attached hydrogen (secondary N) is 2. The van der Waals surface area contributed by atoms with E-state index in [9.17, 15) is 14.7 Å². The first-order valence-corrected chi connectivity index (χ1v) is 6.54. The van der Waals surface area contributed by atoms with E-state index in [1.165, 1.54) is 0 Å². The summed E-state index contributed by atoms with van der Waals surface area (Å²) in [7, 11) is 0. The van der Waals surface area contributed by atoms with Crippen molar-refractivity contribution in [2.75, 3.05) is 19.6 Å². The molecule has 0 aliphatic heterocycles. The third-order valence-corrected chi connectivity index (χ3v) is 2.24. The highest BCUT2D eigenvalue weighted by atomic mass is 16.6. The van der Waals surface area contributed by atoms with Crippen LogP contribution < -0.4 is 22.1 Å². The van der Waals surface area contributed by atoms with E-state index < -0.39 is 29.7 Å². The molecule has 1 unspecified atom stereocenters. The van der Waals surface area contributed by atoms with Crippen molar-refractivity contribution in [2.24, 2.45) is 11.5 Å². The van der Waals surface area contributed by atoms with Crippen molar-refractivity contribution in [1.29, 1.82) is 0 Å². The molecule has 0 spiro atoms. The Morgan fingerprint density at radius 1 is 1.30 bits per heavy atom. The van der Waals surface area contributed by atoms with Crippen LogP contribution in [0.1, 0.15) is 27.2 Å². The molecule has 118 valence electrons. The molecule has 0 radical (unpaired) electrons. The summed E-state index contributed by atoms with van der Waals surface area (Å²) in [6.07, 6.45) is -1.07. The van der Waals surface area contributed by atoms with Gasteiger partial charge in [0.05, 0.1) is 12.1 Å². The minimum atomic E-state index is -0.786. The smallest absolute Gasteiger partial charge is 0.407 e. The first kappa shape index (κ1) is 18.6. The number of aliphatic hydroxyl groups excluding tert-OH is 1. The summed E-state index contributed by atoms with van der Waals surface area (Å²) < 4.78 is 5.04. The third kappa shape index (κ3) is 9.54. The average Bonchev–Trinajstić information content (AvgIpc) is 2.32. The zero-order chi connectivity index (χ0) is 15.8. The Bertz CT molecular complexity index is 317. The van der Waals surface area contributed by atoms with Gasteiger partial charge in [-0.25, -0.2) is 4.79 Å². The Hall–Kier alpha value is -1.38. The first-order chi connectivity index (χ1) is 9.15. The van der Waals surface area contributed by atoms with Gasteiger partial charge in [0, 0.05) is 19.6 Å². The summed E-state index contributed by atoms with van der Waals surface area (Å²) >= 11 is 0. The molecular weight excluding hydrogens is 264 g/mol. The normalized spacial score (nSPS) is 14.3. The number of nitrogens with two attached hydrogens (primary N) is 2. The second kappa shape index (κ2) is 8.72. The van der Waals surface area contributed by atoms with E-state index in [2.05, 4.69) is 10.6 Å². The maximum atomic E-state index is 11.5. The molecule has 0 aromatic rings. The summed E-state index contributed by atoms with van der Waals surface area (Å²) in [6.45, 7) is 5.62. The highest BCUT2D eigenvalue weighted by Gasteiger charge is 2.17. The molecule has 0 saturated carbocycles. The summed E-state index contributed by atoms with van der Waals surface area (Å²) in [5, 5.41) is 14.2. The van der Waals surface area contributed by atoms with Crippen LogP contribution in [0.5, 0.6) is 0 Å². The zero-order valence-electron chi connectivity index (χ0n) is 12.3. The average molecular weight is 290 g/mol. The molecule has 20 heavy (non-hydrogen) atoms. The molecule has 0 aliphatic rings. The molecule has 0 aromatic heterocycles. The monoisotopic (exact) mass is 290 g/mol. The van der Waals surface area contributed by atoms with Gasteiger partial charge in [-0.15, -0.1) is 0 Å². The van der Waals surface area contributed by atoms with Gasteiger partial charge >= 0.3 is 6.09 Å². The molecule has 8 heteroatoms. The number of amides is 2. The fourth-order valence-electron chi connectivity index (χ4n) is 1.21. The number of alkyl carbamates (subject to hydrolysis) is 1. The van der Waals surface area contributed by atoms with Crippen LogP contribution in [0.4, 0.5) is 4.79 Å². The molecule has 2 atom stereocenters. The van der Waals surface area contributed by atoms with Crippen molar-refractivity contribution in [3.63, 3.8) is 0 Å². The molecule has 0 heterocycles. The van der Waals surface area contributed by atoms with Crippen LogP contribution in [-0.2, 0) is 9.53 Å². The minimum absolute atomic E-state index is 0.0581. The van der Waals surface area contributed by atoms with E-state index in [1.807, 2.05) is 0 Å². The lowest BCUT2D eigenvalue weighted by atomic mass is 10.2. The summed E-state index contributed by atoms with van der Waals surface area (Å²) in [4.78, 5) is 22.9. The van der Waals surface area contributed by atoms with E-state index in [1.54, 1.807) is 20.8 Å². The second-order valence-corrected chi connectivity index (χ2v) is 5.46. The molecule has 0 bridgehead atoms. The molecule has 7 N–H and O–H groups in total. The summed E-state index contributed by atoms with van der Waals surface area (Å²) in [5.74, 6) is -0.400. The molecule has 0 aliphatic carbocycles. The lowest BCUT2D eigenvalue weighted by Gasteiger charge is -2.20.